The van der Waals surface area contributed by atoms with Crippen LogP contribution in [0.15, 0.2) is 0 Å². The number of rotatable bonds is 5. The number of carbonyl (C=O) groups excluding carboxylic acids is 2. The third-order valence-electron chi connectivity index (χ3n) is 1.26. The van der Waals surface area contributed by atoms with Gasteiger partial charge in [0.05, 0.1) is 12.0 Å². The van der Waals surface area contributed by atoms with Crippen LogP contribution in [0.5, 0.6) is 0 Å². The van der Waals surface area contributed by atoms with E-state index in [1.807, 2.05) is 13.8 Å². The lowest BCUT2D eigenvalue weighted by molar-refractivity contribution is -0.308. The number of carboxylic acids is 1. The SMILES string of the molecule is CC(C)C[C@H](NC=O)C(=O)[O-]. The Balaban J connectivity index is 3.88. The van der Waals surface area contributed by atoms with Crippen molar-refractivity contribution in [3.8, 4) is 0 Å². The van der Waals surface area contributed by atoms with Gasteiger partial charge in [0.15, 0.2) is 0 Å². The molecule has 0 aromatic carbocycles. The molecular weight excluding hydrogens is 146 g/mol. The monoisotopic (exact) mass is 158 g/mol. The third-order valence-corrected chi connectivity index (χ3v) is 1.26. The maximum absolute atomic E-state index is 10.3. The van der Waals surface area contributed by atoms with E-state index in [1.165, 1.54) is 0 Å². The lowest BCUT2D eigenvalue weighted by atomic mass is 10.0. The lowest BCUT2D eigenvalue weighted by Gasteiger charge is -2.18. The normalized spacial score (nSPS) is 12.6. The van der Waals surface area contributed by atoms with Crippen molar-refractivity contribution in [3.63, 3.8) is 0 Å². The standard InChI is InChI=1S/C7H13NO3/c1-5(2)3-6(7(10)11)8-4-9/h4-6H,3H2,1-2H3,(H,8,9)(H,10,11)/p-1/t6-/m0/s1. The lowest BCUT2D eigenvalue weighted by Crippen LogP contribution is -2.45. The van der Waals surface area contributed by atoms with Gasteiger partial charge in [0.25, 0.3) is 0 Å². The van der Waals surface area contributed by atoms with Gasteiger partial charge in [-0.05, 0) is 12.3 Å². The van der Waals surface area contributed by atoms with Gasteiger partial charge in [0.1, 0.15) is 0 Å². The first kappa shape index (κ1) is 9.94. The topological polar surface area (TPSA) is 69.2 Å². The van der Waals surface area contributed by atoms with Crippen LogP contribution in [0.1, 0.15) is 20.3 Å². The molecule has 4 nitrogen and oxygen atoms in total. The molecule has 0 spiro atoms. The number of carboxylic acid groups (broad SMARTS) is 1. The smallest absolute Gasteiger partial charge is 0.207 e. The summed E-state index contributed by atoms with van der Waals surface area (Å²) < 4.78 is 0. The molecule has 64 valence electrons. The highest BCUT2D eigenvalue weighted by molar-refractivity contribution is 5.74. The fourth-order valence-electron chi connectivity index (χ4n) is 0.786. The minimum absolute atomic E-state index is 0.227. The van der Waals surface area contributed by atoms with Crippen LogP contribution in [0.3, 0.4) is 0 Å². The van der Waals surface area contributed by atoms with Crippen LogP contribution in [0.25, 0.3) is 0 Å². The molecule has 0 aliphatic heterocycles. The summed E-state index contributed by atoms with van der Waals surface area (Å²) in [5, 5.41) is 12.5. The van der Waals surface area contributed by atoms with Crippen molar-refractivity contribution in [1.82, 2.24) is 5.32 Å². The van der Waals surface area contributed by atoms with E-state index >= 15 is 0 Å². The van der Waals surface area contributed by atoms with Crippen molar-refractivity contribution < 1.29 is 14.7 Å². The molecule has 0 radical (unpaired) electrons. The Bertz CT molecular complexity index is 145. The minimum atomic E-state index is -1.23. The number of aliphatic carboxylic acids is 1. The number of amides is 1. The van der Waals surface area contributed by atoms with Crippen LogP contribution in [0, 0.1) is 5.92 Å². The van der Waals surface area contributed by atoms with Gasteiger partial charge in [-0.2, -0.15) is 0 Å². The average molecular weight is 158 g/mol. The summed E-state index contributed by atoms with van der Waals surface area (Å²) in [4.78, 5) is 20.2. The van der Waals surface area contributed by atoms with E-state index < -0.39 is 12.0 Å². The van der Waals surface area contributed by atoms with Crippen molar-refractivity contribution in [2.45, 2.75) is 26.3 Å². The van der Waals surface area contributed by atoms with E-state index in [1.54, 1.807) is 0 Å². The molecular formula is C7H12NO3-. The van der Waals surface area contributed by atoms with Crippen molar-refractivity contribution in [3.05, 3.63) is 0 Å². The van der Waals surface area contributed by atoms with E-state index in [0.717, 1.165) is 0 Å². The molecule has 1 atom stereocenters. The molecule has 0 saturated carbocycles. The molecule has 0 heterocycles. The predicted octanol–water partition coefficient (Wildman–Crippen LogP) is -1.10. The molecule has 11 heavy (non-hydrogen) atoms. The highest BCUT2D eigenvalue weighted by Gasteiger charge is 2.09. The van der Waals surface area contributed by atoms with Crippen LogP contribution in [0.4, 0.5) is 0 Å². The Kier molecular flexibility index (Phi) is 4.26. The predicted molar refractivity (Wildman–Crippen MR) is 37.4 cm³/mol. The van der Waals surface area contributed by atoms with Crippen molar-refractivity contribution in [2.24, 2.45) is 5.92 Å². The van der Waals surface area contributed by atoms with Crippen LogP contribution in [-0.4, -0.2) is 18.4 Å². The second kappa shape index (κ2) is 4.71. The summed E-state index contributed by atoms with van der Waals surface area (Å²) >= 11 is 0. The number of hydrogen-bond acceptors (Lipinski definition) is 3. The molecule has 0 aliphatic rings. The summed E-state index contributed by atoms with van der Waals surface area (Å²) in [7, 11) is 0. The largest absolute Gasteiger partial charge is 0.548 e. The fourth-order valence-corrected chi connectivity index (χ4v) is 0.786. The Labute approximate surface area is 65.6 Å². The molecule has 0 saturated heterocycles. The van der Waals surface area contributed by atoms with Crippen molar-refractivity contribution in [2.75, 3.05) is 0 Å². The van der Waals surface area contributed by atoms with Gasteiger partial charge in [-0.15, -0.1) is 0 Å². The van der Waals surface area contributed by atoms with Gasteiger partial charge in [0.2, 0.25) is 6.41 Å². The molecule has 0 bridgehead atoms. The summed E-state index contributed by atoms with van der Waals surface area (Å²) in [5.41, 5.74) is 0. The summed E-state index contributed by atoms with van der Waals surface area (Å²) in [5.74, 6) is -1.00. The van der Waals surface area contributed by atoms with Crippen LogP contribution < -0.4 is 10.4 Å². The Morgan fingerprint density at radius 1 is 1.64 bits per heavy atom. The van der Waals surface area contributed by atoms with Gasteiger partial charge in [-0.1, -0.05) is 13.8 Å². The minimum Gasteiger partial charge on any atom is -0.548 e. The fraction of sp³-hybridized carbons (Fsp3) is 0.714. The van der Waals surface area contributed by atoms with Gasteiger partial charge >= 0.3 is 0 Å². The van der Waals surface area contributed by atoms with E-state index in [4.69, 9.17) is 0 Å². The van der Waals surface area contributed by atoms with E-state index in [0.29, 0.717) is 12.8 Å². The second-order valence-electron chi connectivity index (χ2n) is 2.79. The number of hydrogen-bond donors (Lipinski definition) is 1. The van der Waals surface area contributed by atoms with Crippen molar-refractivity contribution >= 4 is 12.4 Å². The molecule has 0 aliphatic carbocycles. The Morgan fingerprint density at radius 2 is 2.18 bits per heavy atom. The van der Waals surface area contributed by atoms with E-state index in [9.17, 15) is 14.7 Å². The van der Waals surface area contributed by atoms with Crippen molar-refractivity contribution in [1.29, 1.82) is 0 Å². The van der Waals surface area contributed by atoms with Gasteiger partial charge in [-0.3, -0.25) is 4.79 Å². The van der Waals surface area contributed by atoms with E-state index in [-0.39, 0.29) is 5.92 Å². The molecule has 0 unspecified atom stereocenters. The number of nitrogens with one attached hydrogen (secondary N) is 1. The molecule has 1 N–H and O–H groups in total. The maximum Gasteiger partial charge on any atom is 0.207 e. The zero-order chi connectivity index (χ0) is 8.85. The second-order valence-corrected chi connectivity index (χ2v) is 2.79. The zero-order valence-electron chi connectivity index (χ0n) is 6.66. The highest BCUT2D eigenvalue weighted by atomic mass is 16.4. The summed E-state index contributed by atoms with van der Waals surface area (Å²) in [6.45, 7) is 3.75. The summed E-state index contributed by atoms with van der Waals surface area (Å²) in [6, 6.07) is -0.854. The van der Waals surface area contributed by atoms with Gasteiger partial charge in [-0.25, -0.2) is 0 Å². The van der Waals surface area contributed by atoms with Crippen LogP contribution in [0.2, 0.25) is 0 Å². The Hall–Kier alpha value is -1.06. The average Bonchev–Trinajstić information content (AvgIpc) is 1.86. The molecule has 0 fully saturated rings. The summed E-state index contributed by atoms with van der Waals surface area (Å²) in [6.07, 6.45) is 0.782. The van der Waals surface area contributed by atoms with E-state index in [2.05, 4.69) is 5.32 Å². The Morgan fingerprint density at radius 3 is 2.45 bits per heavy atom. The quantitative estimate of drug-likeness (QED) is 0.516. The maximum atomic E-state index is 10.3. The molecule has 0 aromatic rings. The van der Waals surface area contributed by atoms with Crippen LogP contribution in [-0.2, 0) is 9.59 Å². The number of carbonyl (C=O) groups is 2. The first-order valence-corrected chi connectivity index (χ1v) is 3.48. The third kappa shape index (κ3) is 4.36. The first-order valence-electron chi connectivity index (χ1n) is 3.48. The molecule has 1 amide bonds. The van der Waals surface area contributed by atoms with Gasteiger partial charge < -0.3 is 15.2 Å². The zero-order valence-corrected chi connectivity index (χ0v) is 6.66. The molecule has 0 rings (SSSR count). The molecule has 4 heteroatoms. The van der Waals surface area contributed by atoms with Crippen LogP contribution >= 0.6 is 0 Å². The molecule has 0 aromatic heterocycles. The van der Waals surface area contributed by atoms with Gasteiger partial charge in [0, 0.05) is 0 Å². The highest BCUT2D eigenvalue weighted by Crippen LogP contribution is 2.02. The first-order chi connectivity index (χ1) is 5.07.